The van der Waals surface area contributed by atoms with Crippen molar-refractivity contribution in [2.24, 2.45) is 0 Å². The number of halogens is 2. The molecule has 0 N–H and O–H groups in total. The Kier molecular flexibility index (Phi) is 11.0. The minimum atomic E-state index is 0. The van der Waals surface area contributed by atoms with E-state index in [-0.39, 0.29) is 55.0 Å². The maximum absolute atomic E-state index is 5.50. The van der Waals surface area contributed by atoms with E-state index in [1.807, 2.05) is 32.0 Å². The molecule has 0 saturated heterocycles. The fourth-order valence-corrected chi connectivity index (χ4v) is 1.90. The predicted octanol–water partition coefficient (Wildman–Crippen LogP) is -2.40. The smallest absolute Gasteiger partial charge is 1.00 e. The van der Waals surface area contributed by atoms with Gasteiger partial charge in [-0.2, -0.15) is 0 Å². The van der Waals surface area contributed by atoms with Crippen LogP contribution in [0.25, 0.3) is 22.9 Å². The van der Waals surface area contributed by atoms with E-state index in [4.69, 9.17) is 18.3 Å². The van der Waals surface area contributed by atoms with E-state index in [2.05, 4.69) is 16.0 Å². The Hall–Kier alpha value is -1.11. The van der Waals surface area contributed by atoms with Crippen molar-refractivity contribution in [3.63, 3.8) is 0 Å². The molecular formula is C16H15Br2N2O4Pt-. The normalized spacial score (nSPS) is 9.36. The summed E-state index contributed by atoms with van der Waals surface area (Å²) in [4.78, 5) is 8.35. The van der Waals surface area contributed by atoms with E-state index >= 15 is 0 Å². The first-order valence-electron chi connectivity index (χ1n) is 7.00. The monoisotopic (exact) mass is 652 g/mol. The van der Waals surface area contributed by atoms with Gasteiger partial charge < -0.3 is 52.3 Å². The van der Waals surface area contributed by atoms with Crippen molar-refractivity contribution in [2.75, 3.05) is 13.2 Å². The topological polar surface area (TPSA) is 70.5 Å². The van der Waals surface area contributed by atoms with Crippen molar-refractivity contribution < 1.29 is 73.3 Å². The number of oxazole rings is 2. The van der Waals surface area contributed by atoms with E-state index in [0.29, 0.717) is 48.0 Å². The summed E-state index contributed by atoms with van der Waals surface area (Å²) < 4.78 is 21.5. The van der Waals surface area contributed by atoms with Crippen LogP contribution in [0.1, 0.15) is 13.8 Å². The fourth-order valence-electron chi connectivity index (χ4n) is 1.90. The summed E-state index contributed by atoms with van der Waals surface area (Å²) in [6.07, 6.45) is 3.08. The average Bonchev–Trinajstić information content (AvgIpc) is 3.18. The Morgan fingerprint density at radius 3 is 1.72 bits per heavy atom. The molecule has 0 saturated carbocycles. The van der Waals surface area contributed by atoms with E-state index in [1.54, 1.807) is 0 Å². The average molecular weight is 654 g/mol. The fraction of sp³-hybridized carbons (Fsp3) is 0.250. The molecule has 0 aliphatic rings. The summed E-state index contributed by atoms with van der Waals surface area (Å²) in [6, 6.07) is 8.71. The number of aromatic nitrogens is 2. The first-order chi connectivity index (χ1) is 10.8. The van der Waals surface area contributed by atoms with Gasteiger partial charge in [-0.15, -0.1) is 24.3 Å². The van der Waals surface area contributed by atoms with Crippen LogP contribution < -0.4 is 43.4 Å². The Labute approximate surface area is 181 Å². The molecule has 0 unspecified atom stereocenters. The van der Waals surface area contributed by atoms with Crippen molar-refractivity contribution in [1.29, 1.82) is 0 Å². The first kappa shape index (κ1) is 23.9. The van der Waals surface area contributed by atoms with E-state index in [1.165, 1.54) is 12.4 Å². The number of ether oxygens (including phenoxy) is 2. The summed E-state index contributed by atoms with van der Waals surface area (Å²) in [6.45, 7) is 4.81. The van der Waals surface area contributed by atoms with Crippen LogP contribution in [-0.2, 0) is 21.1 Å². The number of rotatable bonds is 6. The summed E-state index contributed by atoms with van der Waals surface area (Å²) in [5.74, 6) is 1.63. The van der Waals surface area contributed by atoms with Gasteiger partial charge in [-0.05, 0) is 13.8 Å². The molecule has 2 heterocycles. The van der Waals surface area contributed by atoms with Gasteiger partial charge in [0.15, 0.2) is 11.8 Å². The summed E-state index contributed by atoms with van der Waals surface area (Å²) >= 11 is 0. The van der Waals surface area contributed by atoms with E-state index in [0.717, 1.165) is 0 Å². The molecule has 0 radical (unpaired) electrons. The molecule has 9 heteroatoms. The number of hydrogen-bond donors (Lipinski definition) is 0. The Morgan fingerprint density at radius 1 is 0.880 bits per heavy atom. The second-order valence-electron chi connectivity index (χ2n) is 4.31. The van der Waals surface area contributed by atoms with Crippen LogP contribution >= 0.6 is 0 Å². The summed E-state index contributed by atoms with van der Waals surface area (Å²) in [5, 5.41) is 0. The molecule has 3 rings (SSSR count). The van der Waals surface area contributed by atoms with Crippen molar-refractivity contribution >= 4 is 0 Å². The zero-order valence-electron chi connectivity index (χ0n) is 13.4. The molecule has 0 atom stereocenters. The third kappa shape index (κ3) is 5.97. The molecule has 6 nitrogen and oxygen atoms in total. The zero-order valence-corrected chi connectivity index (χ0v) is 18.8. The third-order valence-electron chi connectivity index (χ3n) is 2.80. The zero-order chi connectivity index (χ0) is 15.4. The number of benzene rings is 1. The Bertz CT molecular complexity index is 704. The molecule has 0 aliphatic heterocycles. The predicted molar refractivity (Wildman–Crippen MR) is 78.6 cm³/mol. The van der Waals surface area contributed by atoms with Crippen LogP contribution in [0.5, 0.6) is 11.9 Å². The quantitative estimate of drug-likeness (QED) is 0.277. The van der Waals surface area contributed by atoms with Crippen LogP contribution in [0.15, 0.2) is 39.4 Å². The maximum atomic E-state index is 5.50. The summed E-state index contributed by atoms with van der Waals surface area (Å²) in [7, 11) is 0. The van der Waals surface area contributed by atoms with Gasteiger partial charge in [0.1, 0.15) is 12.4 Å². The molecule has 0 fully saturated rings. The molecule has 0 bridgehead atoms. The number of nitrogens with zero attached hydrogens (tertiary/aromatic N) is 2. The second kappa shape index (κ2) is 11.5. The molecule has 0 amide bonds. The standard InChI is InChI=1S/C16H15N2O4.2BrH.Pt/c1-3-19-13-9-17-15(21-13)11-6-5-7-12(8-11)16-18-10-14(22-16)20-4-2;;;/h5-7,9-10H,3-4H2,1-2H3;2*1H;/q-1;;;+2/p-2. The molecule has 1 aromatic carbocycles. The van der Waals surface area contributed by atoms with Crippen LogP contribution in [0.3, 0.4) is 0 Å². The van der Waals surface area contributed by atoms with Crippen molar-refractivity contribution in [2.45, 2.75) is 13.8 Å². The van der Waals surface area contributed by atoms with Gasteiger partial charge in [-0.1, -0.05) is 11.1 Å². The molecule has 3 aromatic rings. The minimum Gasteiger partial charge on any atom is -1.00 e. The van der Waals surface area contributed by atoms with Gasteiger partial charge in [-0.25, -0.2) is 0 Å². The van der Waals surface area contributed by atoms with Gasteiger partial charge in [0.25, 0.3) is 11.9 Å². The van der Waals surface area contributed by atoms with Crippen LogP contribution in [0, 0.1) is 6.07 Å². The molecular weight excluding hydrogens is 639 g/mol. The van der Waals surface area contributed by atoms with Gasteiger partial charge in [0.2, 0.25) is 0 Å². The van der Waals surface area contributed by atoms with Gasteiger partial charge in [-0.3, -0.25) is 9.97 Å². The largest absolute Gasteiger partial charge is 2.00 e. The molecule has 25 heavy (non-hydrogen) atoms. The van der Waals surface area contributed by atoms with Crippen LogP contribution in [0.4, 0.5) is 0 Å². The van der Waals surface area contributed by atoms with Crippen LogP contribution in [-0.4, -0.2) is 23.2 Å². The van der Waals surface area contributed by atoms with E-state index < -0.39 is 0 Å². The van der Waals surface area contributed by atoms with Crippen molar-refractivity contribution in [1.82, 2.24) is 9.97 Å². The molecule has 138 valence electrons. The molecule has 0 spiro atoms. The third-order valence-corrected chi connectivity index (χ3v) is 2.80. The van der Waals surface area contributed by atoms with Crippen LogP contribution in [0.2, 0.25) is 0 Å². The Morgan fingerprint density at radius 2 is 1.32 bits per heavy atom. The molecule has 2 aromatic heterocycles. The SMILES string of the molecule is CCOc1cnc(-c2[c-]c(-c3ncc(OCC)o3)ccc2)o1.[Br-].[Br-].[Pt+2]. The molecule has 0 aliphatic carbocycles. The minimum absolute atomic E-state index is 0. The van der Waals surface area contributed by atoms with Gasteiger partial charge >= 0.3 is 21.1 Å². The number of hydrogen-bond acceptors (Lipinski definition) is 6. The first-order valence-corrected chi connectivity index (χ1v) is 7.00. The maximum Gasteiger partial charge on any atom is 2.00 e. The summed E-state index contributed by atoms with van der Waals surface area (Å²) in [5.41, 5.74) is 1.39. The van der Waals surface area contributed by atoms with E-state index in [9.17, 15) is 0 Å². The second-order valence-corrected chi connectivity index (χ2v) is 4.31. The van der Waals surface area contributed by atoms with Gasteiger partial charge in [0, 0.05) is 0 Å². The van der Waals surface area contributed by atoms with Crippen molar-refractivity contribution in [3.8, 4) is 34.8 Å². The Balaban J connectivity index is 0.00000192. The van der Waals surface area contributed by atoms with Gasteiger partial charge in [0.05, 0.1) is 13.2 Å². The van der Waals surface area contributed by atoms with Crippen molar-refractivity contribution in [3.05, 3.63) is 36.7 Å².